The number of hydrogen-bond acceptors (Lipinski definition) is 4. The van der Waals surface area contributed by atoms with Gasteiger partial charge in [0.1, 0.15) is 11.8 Å². The smallest absolute Gasteiger partial charge is 0.300 e. The van der Waals surface area contributed by atoms with Gasteiger partial charge < -0.3 is 5.11 Å². The number of nitrogens with zero attached hydrogens (tertiary/aromatic N) is 1. The Hall–Kier alpha value is -2.89. The third kappa shape index (κ3) is 3.26. The second kappa shape index (κ2) is 7.50. The summed E-state index contributed by atoms with van der Waals surface area (Å²) in [5, 5.41) is 13.4. The summed E-state index contributed by atoms with van der Waals surface area (Å²) < 4.78 is 0. The largest absolute Gasteiger partial charge is 0.507 e. The van der Waals surface area contributed by atoms with Gasteiger partial charge in [0.15, 0.2) is 0 Å². The standard InChI is InChI=1S/C23H18ClNO3S/c1-13-6-3-4-9-17(13)25-19(22-14(2)10-11-29-22)18(21(27)23(25)28)20(26)15-7-5-8-16(24)12-15/h3-12,19,26H,1-2H3/b20-18-. The Balaban J connectivity index is 1.99. The first-order valence-corrected chi connectivity index (χ1v) is 10.3. The van der Waals surface area contributed by atoms with E-state index in [0.29, 0.717) is 16.3 Å². The van der Waals surface area contributed by atoms with Gasteiger partial charge in [-0.05, 0) is 54.6 Å². The molecule has 1 amide bonds. The third-order valence-electron chi connectivity index (χ3n) is 5.07. The Kier molecular flexibility index (Phi) is 5.03. The van der Waals surface area contributed by atoms with Gasteiger partial charge >= 0.3 is 0 Å². The van der Waals surface area contributed by atoms with Gasteiger partial charge in [-0.25, -0.2) is 0 Å². The van der Waals surface area contributed by atoms with Crippen molar-refractivity contribution in [2.45, 2.75) is 19.9 Å². The summed E-state index contributed by atoms with van der Waals surface area (Å²) in [5.74, 6) is -1.58. The van der Waals surface area contributed by atoms with Crippen molar-refractivity contribution in [2.75, 3.05) is 4.90 Å². The number of carbonyl (C=O) groups excluding carboxylic acids is 2. The molecule has 1 aromatic heterocycles. The zero-order valence-electron chi connectivity index (χ0n) is 15.8. The molecule has 0 aliphatic carbocycles. The number of para-hydroxylation sites is 1. The van der Waals surface area contributed by atoms with E-state index in [9.17, 15) is 14.7 Å². The number of aryl methyl sites for hydroxylation is 2. The Morgan fingerprint density at radius 1 is 1.03 bits per heavy atom. The number of aliphatic hydroxyl groups is 1. The highest BCUT2D eigenvalue weighted by atomic mass is 35.5. The van der Waals surface area contributed by atoms with Crippen LogP contribution in [-0.2, 0) is 9.59 Å². The summed E-state index contributed by atoms with van der Waals surface area (Å²) in [6.45, 7) is 3.83. The summed E-state index contributed by atoms with van der Waals surface area (Å²) in [4.78, 5) is 28.5. The monoisotopic (exact) mass is 423 g/mol. The molecule has 4 nitrogen and oxygen atoms in total. The number of hydrogen-bond donors (Lipinski definition) is 1. The van der Waals surface area contributed by atoms with E-state index < -0.39 is 17.7 Å². The molecule has 1 aliphatic rings. The number of anilines is 1. The molecular weight excluding hydrogens is 406 g/mol. The Bertz CT molecular complexity index is 1160. The fourth-order valence-corrected chi connectivity index (χ4v) is 4.83. The molecule has 4 rings (SSSR count). The van der Waals surface area contributed by atoms with Gasteiger partial charge in [0.05, 0.1) is 5.57 Å². The predicted octanol–water partition coefficient (Wildman–Crippen LogP) is 5.64. The third-order valence-corrected chi connectivity index (χ3v) is 6.37. The van der Waals surface area contributed by atoms with Crippen LogP contribution in [0.15, 0.2) is 65.6 Å². The van der Waals surface area contributed by atoms with Crippen LogP contribution in [0.2, 0.25) is 5.02 Å². The van der Waals surface area contributed by atoms with Crippen LogP contribution in [0.4, 0.5) is 5.69 Å². The summed E-state index contributed by atoms with van der Waals surface area (Å²) in [6, 6.07) is 15.3. The average molecular weight is 424 g/mol. The quantitative estimate of drug-likeness (QED) is 0.336. The zero-order valence-corrected chi connectivity index (χ0v) is 17.4. The molecule has 0 saturated carbocycles. The normalized spacial score (nSPS) is 18.4. The van der Waals surface area contributed by atoms with Gasteiger partial charge in [-0.1, -0.05) is 41.9 Å². The number of carbonyl (C=O) groups is 2. The van der Waals surface area contributed by atoms with Crippen molar-refractivity contribution in [1.29, 1.82) is 0 Å². The maximum Gasteiger partial charge on any atom is 0.300 e. The lowest BCUT2D eigenvalue weighted by atomic mass is 9.98. The molecule has 0 spiro atoms. The van der Waals surface area contributed by atoms with Crippen molar-refractivity contribution in [3.05, 3.63) is 92.1 Å². The molecule has 1 unspecified atom stereocenters. The van der Waals surface area contributed by atoms with Crippen LogP contribution in [0, 0.1) is 13.8 Å². The van der Waals surface area contributed by atoms with Gasteiger partial charge in [0.25, 0.3) is 11.7 Å². The lowest BCUT2D eigenvalue weighted by molar-refractivity contribution is -0.132. The second-order valence-electron chi connectivity index (χ2n) is 6.93. The zero-order chi connectivity index (χ0) is 20.7. The van der Waals surface area contributed by atoms with Crippen molar-refractivity contribution in [3.63, 3.8) is 0 Å². The Morgan fingerprint density at radius 2 is 1.79 bits per heavy atom. The lowest BCUT2D eigenvalue weighted by Crippen LogP contribution is -2.30. The molecule has 1 atom stereocenters. The van der Waals surface area contributed by atoms with Crippen molar-refractivity contribution < 1.29 is 14.7 Å². The number of rotatable bonds is 3. The molecule has 0 radical (unpaired) electrons. The maximum atomic E-state index is 13.1. The van der Waals surface area contributed by atoms with Gasteiger partial charge in [-0.2, -0.15) is 0 Å². The lowest BCUT2D eigenvalue weighted by Gasteiger charge is -2.26. The average Bonchev–Trinajstić information content (AvgIpc) is 3.23. The predicted molar refractivity (Wildman–Crippen MR) is 116 cm³/mol. The van der Waals surface area contributed by atoms with Crippen molar-refractivity contribution in [3.8, 4) is 0 Å². The highest BCUT2D eigenvalue weighted by molar-refractivity contribution is 7.10. The van der Waals surface area contributed by atoms with Crippen LogP contribution in [0.25, 0.3) is 5.76 Å². The number of halogens is 1. The van der Waals surface area contributed by atoms with Crippen LogP contribution >= 0.6 is 22.9 Å². The van der Waals surface area contributed by atoms with E-state index >= 15 is 0 Å². The first kappa shape index (κ1) is 19.4. The number of Topliss-reactive ketones (excluding diaryl/α,β-unsaturated/α-hetero) is 1. The molecule has 1 aliphatic heterocycles. The number of ketones is 1. The van der Waals surface area contributed by atoms with Gasteiger partial charge in [0.2, 0.25) is 0 Å². The first-order valence-electron chi connectivity index (χ1n) is 9.06. The molecule has 29 heavy (non-hydrogen) atoms. The fraction of sp³-hybridized carbons (Fsp3) is 0.130. The van der Waals surface area contributed by atoms with Gasteiger partial charge in [0, 0.05) is 21.2 Å². The Morgan fingerprint density at radius 3 is 2.45 bits per heavy atom. The van der Waals surface area contributed by atoms with Crippen molar-refractivity contribution in [2.24, 2.45) is 0 Å². The topological polar surface area (TPSA) is 57.6 Å². The number of aliphatic hydroxyl groups excluding tert-OH is 1. The summed E-state index contributed by atoms with van der Waals surface area (Å²) in [6.07, 6.45) is 0. The molecule has 146 valence electrons. The molecular formula is C23H18ClNO3S. The molecule has 6 heteroatoms. The van der Waals surface area contributed by atoms with E-state index in [1.165, 1.54) is 16.2 Å². The maximum absolute atomic E-state index is 13.1. The molecule has 0 bridgehead atoms. The minimum Gasteiger partial charge on any atom is -0.507 e. The molecule has 3 aromatic rings. The van der Waals surface area contributed by atoms with Crippen molar-refractivity contribution in [1.82, 2.24) is 0 Å². The van der Waals surface area contributed by atoms with E-state index in [0.717, 1.165) is 16.0 Å². The highest BCUT2D eigenvalue weighted by Gasteiger charge is 2.48. The molecule has 1 fully saturated rings. The van der Waals surface area contributed by atoms with Crippen molar-refractivity contribution >= 4 is 46.1 Å². The van der Waals surface area contributed by atoms with E-state index in [-0.39, 0.29) is 11.3 Å². The van der Waals surface area contributed by atoms with Crippen LogP contribution < -0.4 is 4.90 Å². The summed E-state index contributed by atoms with van der Waals surface area (Å²) in [7, 11) is 0. The minimum atomic E-state index is -0.705. The molecule has 1 saturated heterocycles. The van der Waals surface area contributed by atoms with Gasteiger partial charge in [-0.3, -0.25) is 14.5 Å². The SMILES string of the molecule is Cc1ccccc1N1C(=O)C(=O)/C(=C(\O)c2cccc(Cl)c2)C1c1sccc1C. The second-order valence-corrected chi connectivity index (χ2v) is 8.32. The Labute approximate surface area is 177 Å². The van der Waals surface area contributed by atoms with Crippen LogP contribution in [-0.4, -0.2) is 16.8 Å². The van der Waals surface area contributed by atoms with Crippen LogP contribution in [0.1, 0.15) is 27.6 Å². The van der Waals surface area contributed by atoms with E-state index in [4.69, 9.17) is 11.6 Å². The molecule has 2 aromatic carbocycles. The van der Waals surface area contributed by atoms with E-state index in [2.05, 4.69) is 0 Å². The molecule has 1 N–H and O–H groups in total. The molecule has 2 heterocycles. The summed E-state index contributed by atoms with van der Waals surface area (Å²) >= 11 is 7.53. The number of thiophene rings is 1. The number of benzene rings is 2. The number of amides is 1. The minimum absolute atomic E-state index is 0.0751. The van der Waals surface area contributed by atoms with E-state index in [1.807, 2.05) is 49.6 Å². The highest BCUT2D eigenvalue weighted by Crippen LogP contribution is 2.45. The fourth-order valence-electron chi connectivity index (χ4n) is 3.62. The van der Waals surface area contributed by atoms with E-state index in [1.54, 1.807) is 24.3 Å². The van der Waals surface area contributed by atoms with Gasteiger partial charge in [-0.15, -0.1) is 11.3 Å². The van der Waals surface area contributed by atoms with Crippen LogP contribution in [0.5, 0.6) is 0 Å². The van der Waals surface area contributed by atoms with Crippen LogP contribution in [0.3, 0.4) is 0 Å². The first-order chi connectivity index (χ1) is 13.9. The summed E-state index contributed by atoms with van der Waals surface area (Å²) in [5.41, 5.74) is 2.96.